The molecule has 140 valence electrons. The topological polar surface area (TPSA) is 92.8 Å². The number of nitrogens with zero attached hydrogens (tertiary/aromatic N) is 1. The maximum absolute atomic E-state index is 13.1. The molecule has 1 N–H and O–H groups in total. The zero-order valence-electron chi connectivity index (χ0n) is 14.4. The van der Waals surface area contributed by atoms with E-state index in [1.165, 1.54) is 22.5 Å². The molecule has 1 saturated heterocycles. The second kappa shape index (κ2) is 6.79. The molecule has 2 aliphatic rings. The van der Waals surface area contributed by atoms with Gasteiger partial charge < -0.3 is 10.1 Å². The minimum atomic E-state index is -3.79. The number of hydrogen-bond acceptors (Lipinski definition) is 5. The summed E-state index contributed by atoms with van der Waals surface area (Å²) in [6.07, 6.45) is 1.45. The number of benzene rings is 2. The van der Waals surface area contributed by atoms with E-state index < -0.39 is 21.7 Å². The molecule has 2 heterocycles. The van der Waals surface area contributed by atoms with Crippen molar-refractivity contribution in [1.29, 1.82) is 0 Å². The van der Waals surface area contributed by atoms with Crippen molar-refractivity contribution in [3.8, 4) is 5.75 Å². The number of rotatable bonds is 5. The van der Waals surface area contributed by atoms with Crippen molar-refractivity contribution >= 4 is 27.4 Å². The molecule has 0 aromatic heterocycles. The maximum atomic E-state index is 13.1. The monoisotopic (exact) mass is 386 g/mol. The summed E-state index contributed by atoms with van der Waals surface area (Å²) in [7, 11) is -3.79. The average Bonchev–Trinajstić information content (AvgIpc) is 3.26. The highest BCUT2D eigenvalue weighted by atomic mass is 32.2. The van der Waals surface area contributed by atoms with Crippen LogP contribution in [0.3, 0.4) is 0 Å². The fourth-order valence-corrected chi connectivity index (χ4v) is 5.12. The van der Waals surface area contributed by atoms with Crippen molar-refractivity contribution < 1.29 is 22.7 Å². The third-order valence-electron chi connectivity index (χ3n) is 4.81. The van der Waals surface area contributed by atoms with Crippen molar-refractivity contribution in [3.63, 3.8) is 0 Å². The molecular formula is C19H18N2O5S. The van der Waals surface area contributed by atoms with E-state index >= 15 is 0 Å². The van der Waals surface area contributed by atoms with E-state index in [9.17, 15) is 18.0 Å². The van der Waals surface area contributed by atoms with Crippen molar-refractivity contribution in [2.24, 2.45) is 0 Å². The zero-order valence-corrected chi connectivity index (χ0v) is 15.2. The first kappa shape index (κ1) is 17.7. The van der Waals surface area contributed by atoms with Crippen LogP contribution in [0.5, 0.6) is 5.75 Å². The minimum Gasteiger partial charge on any atom is -0.492 e. The van der Waals surface area contributed by atoms with Crippen LogP contribution < -0.4 is 10.1 Å². The molecule has 7 nitrogen and oxygen atoms in total. The second-order valence-electron chi connectivity index (χ2n) is 6.53. The molecule has 0 spiro atoms. The Balaban J connectivity index is 1.56. The number of para-hydroxylation sites is 1. The summed E-state index contributed by atoms with van der Waals surface area (Å²) < 4.78 is 33.4. The lowest BCUT2D eigenvalue weighted by atomic mass is 10.1. The lowest BCUT2D eigenvalue weighted by Gasteiger charge is -2.24. The Kier molecular flexibility index (Phi) is 4.45. The first-order valence-corrected chi connectivity index (χ1v) is 10.1. The Morgan fingerprint density at radius 2 is 1.89 bits per heavy atom. The summed E-state index contributed by atoms with van der Waals surface area (Å²) in [6, 6.07) is 13.1. The first-order chi connectivity index (χ1) is 13.0. The number of carbonyl (C=O) groups is 2. The predicted molar refractivity (Wildman–Crippen MR) is 98.3 cm³/mol. The number of Topliss-reactive ketones (excluding diaryl/α,β-unsaturated/α-hetero) is 1. The molecule has 2 aromatic carbocycles. The molecule has 1 amide bonds. The largest absolute Gasteiger partial charge is 0.492 e. The van der Waals surface area contributed by atoms with Gasteiger partial charge in [-0.3, -0.25) is 9.59 Å². The number of ketones is 1. The van der Waals surface area contributed by atoms with E-state index in [0.717, 1.165) is 6.42 Å². The number of fused-ring (bicyclic) bond motifs is 1. The molecule has 8 heteroatoms. The molecule has 0 bridgehead atoms. The molecule has 2 aromatic rings. The summed E-state index contributed by atoms with van der Waals surface area (Å²) >= 11 is 0. The SMILES string of the molecule is O=C1Nc2ccc(S(=O)(=O)N3CCCC3COc3ccccc3)cc2C1=O. The Labute approximate surface area is 157 Å². The summed E-state index contributed by atoms with van der Waals surface area (Å²) in [5, 5.41) is 2.43. The van der Waals surface area contributed by atoms with Crippen LogP contribution in [0.4, 0.5) is 5.69 Å². The van der Waals surface area contributed by atoms with Crippen LogP contribution in [-0.4, -0.2) is 43.6 Å². The lowest BCUT2D eigenvalue weighted by molar-refractivity contribution is -0.112. The summed E-state index contributed by atoms with van der Waals surface area (Å²) in [4.78, 5) is 23.4. The van der Waals surface area contributed by atoms with Gasteiger partial charge in [-0.15, -0.1) is 0 Å². The number of nitrogens with one attached hydrogen (secondary N) is 1. The molecule has 0 saturated carbocycles. The lowest BCUT2D eigenvalue weighted by Crippen LogP contribution is -2.39. The maximum Gasteiger partial charge on any atom is 0.296 e. The fraction of sp³-hybridized carbons (Fsp3) is 0.263. The number of hydrogen-bond donors (Lipinski definition) is 1. The Hall–Kier alpha value is -2.71. The van der Waals surface area contributed by atoms with Crippen LogP contribution in [0, 0.1) is 0 Å². The highest BCUT2D eigenvalue weighted by molar-refractivity contribution is 7.89. The first-order valence-electron chi connectivity index (χ1n) is 8.66. The molecule has 4 rings (SSSR count). The van der Waals surface area contributed by atoms with Gasteiger partial charge in [-0.2, -0.15) is 4.31 Å². The normalized spacial score (nSPS) is 19.8. The number of anilines is 1. The standard InChI is InChI=1S/C19H18N2O5S/c22-18-16-11-15(8-9-17(16)20-19(18)23)27(24,25)21-10-4-5-13(21)12-26-14-6-2-1-3-7-14/h1-3,6-9,11,13H,4-5,10,12H2,(H,20,22,23). The van der Waals surface area contributed by atoms with Crippen molar-refractivity contribution in [1.82, 2.24) is 4.31 Å². The van der Waals surface area contributed by atoms with E-state index in [0.29, 0.717) is 24.4 Å². The molecule has 27 heavy (non-hydrogen) atoms. The molecule has 1 unspecified atom stereocenters. The van der Waals surface area contributed by atoms with Crippen LogP contribution in [0.25, 0.3) is 0 Å². The van der Waals surface area contributed by atoms with Gasteiger partial charge in [0.25, 0.3) is 11.7 Å². The quantitative estimate of drug-likeness (QED) is 0.794. The number of ether oxygens (including phenoxy) is 1. The third-order valence-corrected chi connectivity index (χ3v) is 6.75. The third kappa shape index (κ3) is 3.22. The molecular weight excluding hydrogens is 368 g/mol. The van der Waals surface area contributed by atoms with Crippen LogP contribution in [0.15, 0.2) is 53.4 Å². The van der Waals surface area contributed by atoms with E-state index in [-0.39, 0.29) is 23.1 Å². The van der Waals surface area contributed by atoms with Gasteiger partial charge in [0.15, 0.2) is 0 Å². The van der Waals surface area contributed by atoms with Crippen LogP contribution in [-0.2, 0) is 14.8 Å². The van der Waals surface area contributed by atoms with Crippen LogP contribution >= 0.6 is 0 Å². The number of carbonyl (C=O) groups excluding carboxylic acids is 2. The smallest absolute Gasteiger partial charge is 0.296 e. The summed E-state index contributed by atoms with van der Waals surface area (Å²) in [5.74, 6) is -0.767. The summed E-state index contributed by atoms with van der Waals surface area (Å²) in [5.41, 5.74) is 0.437. The zero-order chi connectivity index (χ0) is 19.0. The van der Waals surface area contributed by atoms with Gasteiger partial charge in [-0.1, -0.05) is 18.2 Å². The Morgan fingerprint density at radius 1 is 1.11 bits per heavy atom. The second-order valence-corrected chi connectivity index (χ2v) is 8.42. The molecule has 1 fully saturated rings. The van der Waals surface area contributed by atoms with E-state index in [4.69, 9.17) is 4.74 Å². The van der Waals surface area contributed by atoms with E-state index in [1.807, 2.05) is 30.3 Å². The fourth-order valence-electron chi connectivity index (χ4n) is 3.42. The van der Waals surface area contributed by atoms with Gasteiger partial charge in [0.05, 0.1) is 22.2 Å². The van der Waals surface area contributed by atoms with E-state index in [1.54, 1.807) is 0 Å². The van der Waals surface area contributed by atoms with Gasteiger partial charge >= 0.3 is 0 Å². The highest BCUT2D eigenvalue weighted by Crippen LogP contribution is 2.31. The minimum absolute atomic E-state index is 0.0118. The molecule has 0 aliphatic carbocycles. The molecule has 0 radical (unpaired) electrons. The number of amides is 1. The number of sulfonamides is 1. The predicted octanol–water partition coefficient (Wildman–Crippen LogP) is 2.05. The highest BCUT2D eigenvalue weighted by Gasteiger charge is 2.37. The van der Waals surface area contributed by atoms with Crippen LogP contribution in [0.2, 0.25) is 0 Å². The molecule has 2 aliphatic heterocycles. The molecule has 1 atom stereocenters. The Bertz CT molecular complexity index is 1000. The van der Waals surface area contributed by atoms with Crippen LogP contribution in [0.1, 0.15) is 23.2 Å². The van der Waals surface area contributed by atoms with E-state index in [2.05, 4.69) is 5.32 Å². The van der Waals surface area contributed by atoms with Gasteiger partial charge in [0.2, 0.25) is 10.0 Å². The van der Waals surface area contributed by atoms with Crippen molar-refractivity contribution in [2.45, 2.75) is 23.8 Å². The average molecular weight is 386 g/mol. The summed E-state index contributed by atoms with van der Waals surface area (Å²) in [6.45, 7) is 0.653. The van der Waals surface area contributed by atoms with Crippen molar-refractivity contribution in [2.75, 3.05) is 18.5 Å². The Morgan fingerprint density at radius 3 is 2.67 bits per heavy atom. The van der Waals surface area contributed by atoms with Crippen molar-refractivity contribution in [3.05, 3.63) is 54.1 Å². The van der Waals surface area contributed by atoms with Gasteiger partial charge in [-0.25, -0.2) is 8.42 Å². The van der Waals surface area contributed by atoms with Gasteiger partial charge in [0.1, 0.15) is 12.4 Å². The van der Waals surface area contributed by atoms with Gasteiger partial charge in [0, 0.05) is 6.54 Å². The van der Waals surface area contributed by atoms with Gasteiger partial charge in [-0.05, 0) is 43.2 Å².